The van der Waals surface area contributed by atoms with Crippen LogP contribution < -0.4 is 10.1 Å². The van der Waals surface area contributed by atoms with E-state index in [1.807, 2.05) is 48.5 Å². The molecule has 0 spiro atoms. The Balaban J connectivity index is 1.49. The van der Waals surface area contributed by atoms with Crippen LogP contribution in [0, 0.1) is 0 Å². The molecule has 1 aliphatic rings. The normalized spacial score (nSPS) is 15.1. The molecule has 1 N–H and O–H groups in total. The molecule has 34 heavy (non-hydrogen) atoms. The van der Waals surface area contributed by atoms with Gasteiger partial charge in [-0.3, -0.25) is 9.59 Å². The molecule has 6 nitrogen and oxygen atoms in total. The fourth-order valence-electron chi connectivity index (χ4n) is 3.73. The summed E-state index contributed by atoms with van der Waals surface area (Å²) >= 11 is 9.34. The summed E-state index contributed by atoms with van der Waals surface area (Å²) in [6.07, 6.45) is 0.677. The summed E-state index contributed by atoms with van der Waals surface area (Å²) in [6.45, 7) is 0. The molecular weight excluding hydrogens is 518 g/mol. The highest BCUT2D eigenvalue weighted by Crippen LogP contribution is 2.34. The summed E-state index contributed by atoms with van der Waals surface area (Å²) in [5, 5.41) is 9.55. The van der Waals surface area contributed by atoms with Gasteiger partial charge in [0.15, 0.2) is 0 Å². The molecule has 3 aromatic carbocycles. The van der Waals surface area contributed by atoms with Crippen LogP contribution in [-0.2, 0) is 9.59 Å². The minimum absolute atomic E-state index is 0.0448. The number of anilines is 1. The van der Waals surface area contributed by atoms with Gasteiger partial charge < -0.3 is 10.1 Å². The number of amides is 2. The lowest BCUT2D eigenvalue weighted by atomic mass is 9.98. The summed E-state index contributed by atoms with van der Waals surface area (Å²) in [5.41, 5.74) is 3.37. The quantitative estimate of drug-likeness (QED) is 0.387. The number of methoxy groups -OCH3 is 1. The van der Waals surface area contributed by atoms with Gasteiger partial charge in [0.2, 0.25) is 11.8 Å². The molecule has 1 heterocycles. The highest BCUT2D eigenvalue weighted by Gasteiger charge is 2.33. The van der Waals surface area contributed by atoms with Gasteiger partial charge in [-0.25, -0.2) is 5.01 Å². The Hall–Kier alpha value is -3.16. The van der Waals surface area contributed by atoms with Crippen molar-refractivity contribution < 1.29 is 14.3 Å². The van der Waals surface area contributed by atoms with Gasteiger partial charge in [0.25, 0.3) is 0 Å². The Morgan fingerprint density at radius 2 is 1.71 bits per heavy atom. The third-order valence-electron chi connectivity index (χ3n) is 5.54. The third-order valence-corrected chi connectivity index (χ3v) is 6.32. The highest BCUT2D eigenvalue weighted by molar-refractivity contribution is 9.10. The van der Waals surface area contributed by atoms with Gasteiger partial charge in [-0.2, -0.15) is 5.10 Å². The second-order valence-corrected chi connectivity index (χ2v) is 9.19. The van der Waals surface area contributed by atoms with E-state index >= 15 is 0 Å². The van der Waals surface area contributed by atoms with Gasteiger partial charge in [-0.05, 0) is 59.7 Å². The van der Waals surface area contributed by atoms with Crippen molar-refractivity contribution in [2.45, 2.75) is 25.3 Å². The van der Waals surface area contributed by atoms with Gasteiger partial charge in [-0.15, -0.1) is 0 Å². The van der Waals surface area contributed by atoms with Crippen LogP contribution >= 0.6 is 27.5 Å². The van der Waals surface area contributed by atoms with Crippen molar-refractivity contribution in [1.82, 2.24) is 5.01 Å². The average molecular weight is 541 g/mol. The molecule has 2 amide bonds. The Labute approximate surface area is 211 Å². The number of hydrogen-bond donors (Lipinski definition) is 1. The second kappa shape index (κ2) is 10.8. The third kappa shape index (κ3) is 5.85. The number of carbonyl (C=O) groups is 2. The van der Waals surface area contributed by atoms with E-state index in [1.54, 1.807) is 31.4 Å². The van der Waals surface area contributed by atoms with E-state index in [-0.39, 0.29) is 30.7 Å². The zero-order valence-corrected chi connectivity index (χ0v) is 20.8. The molecule has 0 radical (unpaired) electrons. The topological polar surface area (TPSA) is 71.0 Å². The van der Waals surface area contributed by atoms with Crippen molar-refractivity contribution >= 4 is 50.7 Å². The lowest BCUT2D eigenvalue weighted by Gasteiger charge is -2.22. The van der Waals surface area contributed by atoms with Crippen LogP contribution in [0.4, 0.5) is 5.69 Å². The minimum atomic E-state index is -0.253. The molecule has 0 bridgehead atoms. The van der Waals surface area contributed by atoms with E-state index < -0.39 is 0 Å². The number of halogens is 2. The fraction of sp³-hybridized carbons (Fsp3) is 0.192. The van der Waals surface area contributed by atoms with E-state index in [4.69, 9.17) is 16.3 Å². The molecule has 0 aromatic heterocycles. The number of hydrogen-bond acceptors (Lipinski definition) is 4. The smallest absolute Gasteiger partial charge is 0.243 e. The number of carbonyl (C=O) groups excluding carboxylic acids is 2. The first-order chi connectivity index (χ1) is 16.4. The van der Waals surface area contributed by atoms with Crippen molar-refractivity contribution in [1.29, 1.82) is 0 Å². The van der Waals surface area contributed by atoms with E-state index in [0.717, 1.165) is 27.1 Å². The Bertz CT molecular complexity index is 1200. The van der Waals surface area contributed by atoms with Crippen LogP contribution in [0.2, 0.25) is 5.02 Å². The standard InChI is InChI=1S/C26H23BrClN3O3/c1-34-22-12-4-18(5-13-22)24-16-23(17-2-6-19(27)7-3-17)30-31(24)26(33)15-14-25(32)29-21-10-8-20(28)9-11-21/h2-13,24H,14-16H2,1H3,(H,29,32)/t24-/m0/s1. The van der Waals surface area contributed by atoms with Crippen molar-refractivity contribution in [3.05, 3.63) is 93.4 Å². The minimum Gasteiger partial charge on any atom is -0.497 e. The maximum absolute atomic E-state index is 13.2. The molecule has 0 unspecified atom stereocenters. The molecule has 1 atom stereocenters. The monoisotopic (exact) mass is 539 g/mol. The Morgan fingerprint density at radius 1 is 1.03 bits per heavy atom. The van der Waals surface area contributed by atoms with Crippen LogP contribution in [-0.4, -0.2) is 29.6 Å². The maximum Gasteiger partial charge on any atom is 0.243 e. The highest BCUT2D eigenvalue weighted by atomic mass is 79.9. The molecule has 0 fully saturated rings. The molecule has 0 saturated carbocycles. The first kappa shape index (κ1) is 24.0. The maximum atomic E-state index is 13.2. The number of nitrogens with zero attached hydrogens (tertiary/aromatic N) is 2. The van der Waals surface area contributed by atoms with Crippen LogP contribution in [0.1, 0.15) is 36.4 Å². The molecule has 8 heteroatoms. The molecular formula is C26H23BrClN3O3. The Morgan fingerprint density at radius 3 is 2.35 bits per heavy atom. The molecule has 174 valence electrons. The van der Waals surface area contributed by atoms with Gasteiger partial charge in [0.1, 0.15) is 5.75 Å². The van der Waals surface area contributed by atoms with E-state index in [2.05, 4.69) is 26.3 Å². The van der Waals surface area contributed by atoms with Crippen molar-refractivity contribution in [3.63, 3.8) is 0 Å². The van der Waals surface area contributed by atoms with Crippen LogP contribution in [0.25, 0.3) is 0 Å². The molecule has 0 saturated heterocycles. The first-order valence-electron chi connectivity index (χ1n) is 10.8. The van der Waals surface area contributed by atoms with Gasteiger partial charge in [-0.1, -0.05) is 51.8 Å². The lowest BCUT2D eigenvalue weighted by Crippen LogP contribution is -2.28. The largest absolute Gasteiger partial charge is 0.497 e. The summed E-state index contributed by atoms with van der Waals surface area (Å²) in [6, 6.07) is 22.1. The van der Waals surface area contributed by atoms with Gasteiger partial charge in [0.05, 0.1) is 18.9 Å². The number of ether oxygens (including phenoxy) is 1. The average Bonchev–Trinajstić information content (AvgIpc) is 3.30. The predicted molar refractivity (Wildman–Crippen MR) is 137 cm³/mol. The molecule has 1 aliphatic heterocycles. The van der Waals surface area contributed by atoms with E-state index in [0.29, 0.717) is 17.1 Å². The number of benzene rings is 3. The van der Waals surface area contributed by atoms with Crippen molar-refractivity contribution in [2.24, 2.45) is 5.10 Å². The lowest BCUT2D eigenvalue weighted by molar-refractivity contribution is -0.134. The SMILES string of the molecule is COc1ccc([C@@H]2CC(c3ccc(Br)cc3)=NN2C(=O)CCC(=O)Nc2ccc(Cl)cc2)cc1. The van der Waals surface area contributed by atoms with Crippen LogP contribution in [0.5, 0.6) is 5.75 Å². The molecule has 3 aromatic rings. The number of hydrazone groups is 1. The number of rotatable bonds is 7. The van der Waals surface area contributed by atoms with Gasteiger partial charge in [0, 0.05) is 34.4 Å². The zero-order chi connectivity index (χ0) is 24.1. The van der Waals surface area contributed by atoms with E-state index in [9.17, 15) is 9.59 Å². The summed E-state index contributed by atoms with van der Waals surface area (Å²) in [5.74, 6) is 0.291. The van der Waals surface area contributed by atoms with Crippen molar-refractivity contribution in [3.8, 4) is 5.75 Å². The van der Waals surface area contributed by atoms with Crippen molar-refractivity contribution in [2.75, 3.05) is 12.4 Å². The van der Waals surface area contributed by atoms with E-state index in [1.165, 1.54) is 5.01 Å². The molecule has 0 aliphatic carbocycles. The van der Waals surface area contributed by atoms with Crippen LogP contribution in [0.3, 0.4) is 0 Å². The van der Waals surface area contributed by atoms with Gasteiger partial charge >= 0.3 is 0 Å². The summed E-state index contributed by atoms with van der Waals surface area (Å²) in [4.78, 5) is 25.6. The fourth-order valence-corrected chi connectivity index (χ4v) is 4.12. The zero-order valence-electron chi connectivity index (χ0n) is 18.5. The predicted octanol–water partition coefficient (Wildman–Crippen LogP) is 6.21. The summed E-state index contributed by atoms with van der Waals surface area (Å²) < 4.78 is 6.24. The molecule has 4 rings (SSSR count). The summed E-state index contributed by atoms with van der Waals surface area (Å²) in [7, 11) is 1.62. The number of nitrogens with one attached hydrogen (secondary N) is 1. The second-order valence-electron chi connectivity index (χ2n) is 7.84. The first-order valence-corrected chi connectivity index (χ1v) is 11.9. The Kier molecular flexibility index (Phi) is 7.65. The van der Waals surface area contributed by atoms with Crippen LogP contribution in [0.15, 0.2) is 82.4 Å².